The van der Waals surface area contributed by atoms with Crippen LogP contribution in [0.4, 0.5) is 0 Å². The highest BCUT2D eigenvalue weighted by molar-refractivity contribution is 7.90. The third-order valence-electron chi connectivity index (χ3n) is 5.11. The topological polar surface area (TPSA) is 81.4 Å². The number of imidazole rings is 1. The molecule has 1 aromatic heterocycles. The predicted molar refractivity (Wildman–Crippen MR) is 106 cm³/mol. The minimum Gasteiger partial charge on any atom is -0.341 e. The summed E-state index contributed by atoms with van der Waals surface area (Å²) in [5.41, 5.74) is 0.886. The summed E-state index contributed by atoms with van der Waals surface area (Å²) < 4.78 is 28.4. The van der Waals surface area contributed by atoms with Crippen LogP contribution in [-0.2, 0) is 21.4 Å². The van der Waals surface area contributed by atoms with Crippen molar-refractivity contribution in [3.63, 3.8) is 0 Å². The van der Waals surface area contributed by atoms with Gasteiger partial charge in [0.05, 0.1) is 15.9 Å². The number of hydrogen-bond acceptors (Lipinski definition) is 4. The Balaban J connectivity index is 1.86. The number of aromatic nitrogens is 2. The van der Waals surface area contributed by atoms with E-state index in [1.807, 2.05) is 6.92 Å². The van der Waals surface area contributed by atoms with Crippen molar-refractivity contribution in [2.45, 2.75) is 31.2 Å². The van der Waals surface area contributed by atoms with Crippen molar-refractivity contribution < 1.29 is 13.2 Å². The molecule has 1 aliphatic heterocycles. The summed E-state index contributed by atoms with van der Waals surface area (Å²) in [6.45, 7) is 3.04. The molecule has 1 fully saturated rings. The number of rotatable bonds is 4. The van der Waals surface area contributed by atoms with E-state index in [4.69, 9.17) is 0 Å². The number of benzene rings is 2. The van der Waals surface area contributed by atoms with Gasteiger partial charge >= 0.3 is 5.69 Å². The lowest BCUT2D eigenvalue weighted by atomic mass is 10.2. The maximum Gasteiger partial charge on any atom is 0.343 e. The van der Waals surface area contributed by atoms with Crippen molar-refractivity contribution in [1.29, 1.82) is 0 Å². The van der Waals surface area contributed by atoms with Crippen LogP contribution in [-0.4, -0.2) is 40.9 Å². The number of nitrogens with zero attached hydrogens (tertiary/aromatic N) is 3. The van der Waals surface area contributed by atoms with Gasteiger partial charge in [0.1, 0.15) is 6.54 Å². The monoisotopic (exact) mass is 399 g/mol. The molecule has 0 saturated carbocycles. The van der Waals surface area contributed by atoms with Crippen LogP contribution in [0.3, 0.4) is 0 Å². The Labute approximate surface area is 162 Å². The molecule has 146 valence electrons. The Hall–Kier alpha value is -2.87. The maximum atomic E-state index is 13.2. The van der Waals surface area contributed by atoms with Crippen molar-refractivity contribution in [2.24, 2.45) is 0 Å². The third-order valence-corrected chi connectivity index (χ3v) is 6.81. The lowest BCUT2D eigenvalue weighted by Crippen LogP contribution is -2.36. The van der Waals surface area contributed by atoms with Crippen molar-refractivity contribution in [3.8, 4) is 0 Å². The average Bonchev–Trinajstić information content (AvgIpc) is 3.30. The first-order valence-corrected chi connectivity index (χ1v) is 10.6. The molecule has 0 bridgehead atoms. The molecule has 0 aliphatic carbocycles. The van der Waals surface area contributed by atoms with Crippen LogP contribution in [0.2, 0.25) is 0 Å². The molecule has 1 aliphatic rings. The predicted octanol–water partition coefficient (Wildman–Crippen LogP) is 1.97. The van der Waals surface area contributed by atoms with Crippen LogP contribution in [0.5, 0.6) is 0 Å². The van der Waals surface area contributed by atoms with E-state index in [-0.39, 0.29) is 22.9 Å². The third kappa shape index (κ3) is 3.03. The summed E-state index contributed by atoms with van der Waals surface area (Å²) in [6.07, 6.45) is 1.90. The fourth-order valence-electron chi connectivity index (χ4n) is 3.58. The molecule has 1 saturated heterocycles. The average molecular weight is 399 g/mol. The second-order valence-electron chi connectivity index (χ2n) is 7.03. The zero-order valence-electron chi connectivity index (χ0n) is 15.5. The van der Waals surface area contributed by atoms with Gasteiger partial charge in [0.2, 0.25) is 5.91 Å². The fraction of sp³-hybridized carbons (Fsp3) is 0.300. The molecule has 2 aromatic carbocycles. The van der Waals surface area contributed by atoms with Gasteiger partial charge in [-0.2, -0.15) is 3.97 Å². The van der Waals surface area contributed by atoms with E-state index in [1.54, 1.807) is 41.3 Å². The van der Waals surface area contributed by atoms with E-state index in [2.05, 4.69) is 0 Å². The standard InChI is InChI=1S/C20H21N3O4S/c1-15-8-10-16(11-9-15)28(26,27)23-18-7-3-2-6-17(18)22(20(23)25)14-19(24)21-12-4-5-13-21/h2-3,6-11H,4-5,12-14H2,1H3. The molecule has 2 heterocycles. The number of amides is 1. The van der Waals surface area contributed by atoms with Crippen LogP contribution < -0.4 is 5.69 Å². The molecule has 1 amide bonds. The molecule has 0 radical (unpaired) electrons. The lowest BCUT2D eigenvalue weighted by Gasteiger charge is -2.15. The summed E-state index contributed by atoms with van der Waals surface area (Å²) >= 11 is 0. The number of likely N-dealkylation sites (tertiary alicyclic amines) is 1. The lowest BCUT2D eigenvalue weighted by molar-refractivity contribution is -0.130. The van der Waals surface area contributed by atoms with Gasteiger partial charge in [0.15, 0.2) is 0 Å². The van der Waals surface area contributed by atoms with Crippen LogP contribution in [0.1, 0.15) is 18.4 Å². The molecule has 4 rings (SSSR count). The van der Waals surface area contributed by atoms with E-state index < -0.39 is 15.7 Å². The highest BCUT2D eigenvalue weighted by atomic mass is 32.2. The number of carbonyl (C=O) groups is 1. The SMILES string of the molecule is Cc1ccc(S(=O)(=O)n2c(=O)n(CC(=O)N3CCCC3)c3ccccc32)cc1. The highest BCUT2D eigenvalue weighted by Crippen LogP contribution is 2.20. The van der Waals surface area contributed by atoms with Crippen molar-refractivity contribution in [1.82, 2.24) is 13.4 Å². The first-order valence-electron chi connectivity index (χ1n) is 9.20. The summed E-state index contributed by atoms with van der Waals surface area (Å²) in [7, 11) is -4.09. The summed E-state index contributed by atoms with van der Waals surface area (Å²) in [6, 6.07) is 13.0. The second kappa shape index (κ2) is 6.94. The Morgan fingerprint density at radius 3 is 2.21 bits per heavy atom. The molecule has 0 N–H and O–H groups in total. The van der Waals surface area contributed by atoms with E-state index in [0.29, 0.717) is 18.6 Å². The smallest absolute Gasteiger partial charge is 0.341 e. The Kier molecular flexibility index (Phi) is 4.58. The molecule has 7 nitrogen and oxygen atoms in total. The van der Waals surface area contributed by atoms with Crippen LogP contribution >= 0.6 is 0 Å². The zero-order chi connectivity index (χ0) is 19.9. The van der Waals surface area contributed by atoms with E-state index in [9.17, 15) is 18.0 Å². The molecule has 0 spiro atoms. The maximum absolute atomic E-state index is 13.2. The van der Waals surface area contributed by atoms with Crippen molar-refractivity contribution in [3.05, 3.63) is 64.6 Å². The molecule has 3 aromatic rings. The van der Waals surface area contributed by atoms with E-state index in [0.717, 1.165) is 22.4 Å². The molecule has 0 atom stereocenters. The van der Waals surface area contributed by atoms with E-state index >= 15 is 0 Å². The van der Waals surface area contributed by atoms with Crippen molar-refractivity contribution >= 4 is 27.0 Å². The van der Waals surface area contributed by atoms with E-state index in [1.165, 1.54) is 16.7 Å². The largest absolute Gasteiger partial charge is 0.343 e. The highest BCUT2D eigenvalue weighted by Gasteiger charge is 2.27. The number of aryl methyl sites for hydroxylation is 1. The van der Waals surface area contributed by atoms with Crippen molar-refractivity contribution in [2.75, 3.05) is 13.1 Å². The van der Waals surface area contributed by atoms with Gasteiger partial charge in [-0.25, -0.2) is 13.2 Å². The number of hydrogen-bond donors (Lipinski definition) is 0. The van der Waals surface area contributed by atoms with Gasteiger partial charge < -0.3 is 4.90 Å². The fourth-order valence-corrected chi connectivity index (χ4v) is 4.99. The van der Waals surface area contributed by atoms with Gasteiger partial charge in [-0.05, 0) is 44.0 Å². The number of carbonyl (C=O) groups excluding carboxylic acids is 1. The van der Waals surface area contributed by atoms with Crippen LogP contribution in [0.25, 0.3) is 11.0 Å². The minimum absolute atomic E-state index is 0.0361. The van der Waals surface area contributed by atoms with Gasteiger partial charge in [-0.3, -0.25) is 9.36 Å². The second-order valence-corrected chi connectivity index (χ2v) is 8.81. The van der Waals surface area contributed by atoms with Gasteiger partial charge in [0, 0.05) is 13.1 Å². The van der Waals surface area contributed by atoms with Gasteiger partial charge in [0.25, 0.3) is 10.0 Å². The molecule has 8 heteroatoms. The number of fused-ring (bicyclic) bond motifs is 1. The normalized spacial score (nSPS) is 14.7. The van der Waals surface area contributed by atoms with Crippen LogP contribution in [0.15, 0.2) is 58.2 Å². The summed E-state index contributed by atoms with van der Waals surface area (Å²) in [5.74, 6) is -0.171. The minimum atomic E-state index is -4.09. The quantitative estimate of drug-likeness (QED) is 0.672. The van der Waals surface area contributed by atoms with Crippen LogP contribution in [0, 0.1) is 6.92 Å². The molecule has 28 heavy (non-hydrogen) atoms. The molecular weight excluding hydrogens is 378 g/mol. The molecular formula is C20H21N3O4S. The Morgan fingerprint density at radius 2 is 1.57 bits per heavy atom. The Morgan fingerprint density at radius 1 is 0.964 bits per heavy atom. The first kappa shape index (κ1) is 18.5. The van der Waals surface area contributed by atoms with Gasteiger partial charge in [-0.1, -0.05) is 29.8 Å². The number of para-hydroxylation sites is 2. The zero-order valence-corrected chi connectivity index (χ0v) is 16.4. The summed E-state index contributed by atoms with van der Waals surface area (Å²) in [5, 5.41) is 0. The van der Waals surface area contributed by atoms with Gasteiger partial charge in [-0.15, -0.1) is 0 Å². The molecule has 0 unspecified atom stereocenters. The Bertz CT molecular complexity index is 1200. The first-order chi connectivity index (χ1) is 13.4. The summed E-state index contributed by atoms with van der Waals surface area (Å²) in [4.78, 5) is 27.4.